The molecule has 0 aliphatic carbocycles. The van der Waals surface area contributed by atoms with Gasteiger partial charge in [-0.05, 0) is 53.8 Å². The van der Waals surface area contributed by atoms with Crippen LogP contribution in [0.25, 0.3) is 0 Å². The predicted molar refractivity (Wildman–Crippen MR) is 69.7 cm³/mol. The third-order valence-corrected chi connectivity index (χ3v) is 3.10. The van der Waals surface area contributed by atoms with Crippen LogP contribution in [0.4, 0.5) is 4.39 Å². The van der Waals surface area contributed by atoms with E-state index >= 15 is 0 Å². The second-order valence-electron chi connectivity index (χ2n) is 3.49. The van der Waals surface area contributed by atoms with Crippen molar-refractivity contribution in [3.05, 3.63) is 33.1 Å². The molecule has 0 heterocycles. The Labute approximate surface area is 108 Å². The molecule has 0 atom stereocenters. The van der Waals surface area contributed by atoms with Gasteiger partial charge in [-0.2, -0.15) is 0 Å². The van der Waals surface area contributed by atoms with Crippen molar-refractivity contribution in [2.24, 2.45) is 5.73 Å². The van der Waals surface area contributed by atoms with Crippen LogP contribution >= 0.6 is 22.6 Å². The lowest BCUT2D eigenvalue weighted by atomic mass is 10.2. The summed E-state index contributed by atoms with van der Waals surface area (Å²) in [5.74, 6) is -0.427. The zero-order valence-corrected chi connectivity index (χ0v) is 11.2. The molecule has 88 valence electrons. The van der Waals surface area contributed by atoms with Gasteiger partial charge >= 0.3 is 0 Å². The first-order valence-corrected chi connectivity index (χ1v) is 6.04. The van der Waals surface area contributed by atoms with E-state index in [0.29, 0.717) is 22.2 Å². The van der Waals surface area contributed by atoms with Crippen LogP contribution in [0, 0.1) is 9.39 Å². The third kappa shape index (κ3) is 3.41. The molecule has 0 aliphatic heterocycles. The minimum absolute atomic E-state index is 0.0992. The Kier molecular flexibility index (Phi) is 5.14. The number of carbonyl (C=O) groups is 1. The van der Waals surface area contributed by atoms with Gasteiger partial charge in [0, 0.05) is 17.2 Å². The van der Waals surface area contributed by atoms with Crippen molar-refractivity contribution in [1.82, 2.24) is 4.90 Å². The van der Waals surface area contributed by atoms with E-state index in [-0.39, 0.29) is 11.7 Å². The molecule has 16 heavy (non-hydrogen) atoms. The van der Waals surface area contributed by atoms with Crippen molar-refractivity contribution >= 4 is 28.5 Å². The second-order valence-corrected chi connectivity index (χ2v) is 4.66. The summed E-state index contributed by atoms with van der Waals surface area (Å²) < 4.78 is 13.5. The minimum atomic E-state index is -0.328. The molecule has 0 bridgehead atoms. The van der Waals surface area contributed by atoms with E-state index in [9.17, 15) is 9.18 Å². The van der Waals surface area contributed by atoms with Crippen molar-refractivity contribution in [1.29, 1.82) is 0 Å². The Morgan fingerprint density at radius 1 is 1.56 bits per heavy atom. The number of nitrogens with zero attached hydrogens (tertiary/aromatic N) is 1. The highest BCUT2D eigenvalue weighted by Crippen LogP contribution is 2.15. The normalized spacial score (nSPS) is 10.2. The zero-order valence-electron chi connectivity index (χ0n) is 9.04. The predicted octanol–water partition coefficient (Wildman–Crippen LogP) is 1.85. The maximum Gasteiger partial charge on any atom is 0.254 e. The van der Waals surface area contributed by atoms with Gasteiger partial charge in [0.05, 0.1) is 5.56 Å². The molecule has 0 aromatic heterocycles. The largest absolute Gasteiger partial charge is 0.342 e. The van der Waals surface area contributed by atoms with E-state index in [4.69, 9.17) is 5.73 Å². The van der Waals surface area contributed by atoms with Crippen LogP contribution in [-0.4, -0.2) is 30.9 Å². The summed E-state index contributed by atoms with van der Waals surface area (Å²) in [6, 6.07) is 4.16. The minimum Gasteiger partial charge on any atom is -0.342 e. The lowest BCUT2D eigenvalue weighted by molar-refractivity contribution is 0.0793. The van der Waals surface area contributed by atoms with Crippen LogP contribution in [0.2, 0.25) is 0 Å². The molecule has 0 fully saturated rings. The summed E-state index contributed by atoms with van der Waals surface area (Å²) in [7, 11) is 1.72. The van der Waals surface area contributed by atoms with Gasteiger partial charge in [-0.3, -0.25) is 4.79 Å². The van der Waals surface area contributed by atoms with E-state index in [0.717, 1.165) is 6.42 Å². The van der Waals surface area contributed by atoms with Gasteiger partial charge in [-0.1, -0.05) is 0 Å². The van der Waals surface area contributed by atoms with Gasteiger partial charge in [0.2, 0.25) is 0 Å². The first kappa shape index (κ1) is 13.4. The van der Waals surface area contributed by atoms with Crippen molar-refractivity contribution < 1.29 is 9.18 Å². The number of benzene rings is 1. The molecule has 3 nitrogen and oxygen atoms in total. The number of hydrogen-bond acceptors (Lipinski definition) is 2. The topological polar surface area (TPSA) is 46.3 Å². The van der Waals surface area contributed by atoms with E-state index < -0.39 is 0 Å². The van der Waals surface area contributed by atoms with Gasteiger partial charge in [-0.25, -0.2) is 4.39 Å². The molecule has 0 saturated carbocycles. The first-order valence-electron chi connectivity index (χ1n) is 4.97. The number of carbonyl (C=O) groups excluding carboxylic acids is 1. The third-order valence-electron chi connectivity index (χ3n) is 2.21. The Hall–Kier alpha value is -0.690. The van der Waals surface area contributed by atoms with Gasteiger partial charge in [-0.15, -0.1) is 0 Å². The van der Waals surface area contributed by atoms with Crippen LogP contribution in [0.15, 0.2) is 18.2 Å². The SMILES string of the molecule is CN(CCCN)C(=O)c1ccc(F)cc1I. The van der Waals surface area contributed by atoms with E-state index in [1.54, 1.807) is 11.9 Å². The summed E-state index contributed by atoms with van der Waals surface area (Å²) in [5.41, 5.74) is 5.91. The van der Waals surface area contributed by atoms with Crippen LogP contribution in [-0.2, 0) is 0 Å². The lowest BCUT2D eigenvalue weighted by Crippen LogP contribution is -2.29. The quantitative estimate of drug-likeness (QED) is 0.853. The zero-order chi connectivity index (χ0) is 12.1. The van der Waals surface area contributed by atoms with Crippen molar-refractivity contribution in [3.63, 3.8) is 0 Å². The standard InChI is InChI=1S/C11H14FIN2O/c1-15(6-2-5-14)11(16)9-4-3-8(12)7-10(9)13/h3-4,7H,2,5-6,14H2,1H3. The first-order chi connectivity index (χ1) is 7.56. The fraction of sp³-hybridized carbons (Fsp3) is 0.364. The average Bonchev–Trinajstić information content (AvgIpc) is 2.25. The molecule has 1 aromatic rings. The maximum atomic E-state index is 12.9. The average molecular weight is 336 g/mol. The summed E-state index contributed by atoms with van der Waals surface area (Å²) in [5, 5.41) is 0. The highest BCUT2D eigenvalue weighted by Gasteiger charge is 2.14. The molecule has 0 radical (unpaired) electrons. The molecule has 0 aliphatic rings. The smallest absolute Gasteiger partial charge is 0.254 e. The molecular weight excluding hydrogens is 322 g/mol. The monoisotopic (exact) mass is 336 g/mol. The fourth-order valence-electron chi connectivity index (χ4n) is 1.30. The molecule has 0 saturated heterocycles. The lowest BCUT2D eigenvalue weighted by Gasteiger charge is -2.17. The summed E-state index contributed by atoms with van der Waals surface area (Å²) >= 11 is 1.96. The molecule has 5 heteroatoms. The van der Waals surface area contributed by atoms with Crippen molar-refractivity contribution in [2.75, 3.05) is 20.1 Å². The highest BCUT2D eigenvalue weighted by molar-refractivity contribution is 14.1. The van der Waals surface area contributed by atoms with E-state index in [2.05, 4.69) is 0 Å². The van der Waals surface area contributed by atoms with Crippen molar-refractivity contribution in [3.8, 4) is 0 Å². The number of amides is 1. The Morgan fingerprint density at radius 2 is 2.25 bits per heavy atom. The summed E-state index contributed by atoms with van der Waals surface area (Å²) in [6.07, 6.45) is 0.764. The summed E-state index contributed by atoms with van der Waals surface area (Å²) in [6.45, 7) is 1.17. The molecule has 1 aromatic carbocycles. The van der Waals surface area contributed by atoms with Gasteiger partial charge in [0.1, 0.15) is 5.82 Å². The number of hydrogen-bond donors (Lipinski definition) is 1. The Bertz CT molecular complexity index is 384. The van der Waals surface area contributed by atoms with Crippen molar-refractivity contribution in [2.45, 2.75) is 6.42 Å². The van der Waals surface area contributed by atoms with Gasteiger partial charge in [0.15, 0.2) is 0 Å². The molecule has 0 spiro atoms. The Morgan fingerprint density at radius 3 is 2.81 bits per heavy atom. The van der Waals surface area contributed by atoms with Crippen LogP contribution in [0.5, 0.6) is 0 Å². The number of rotatable bonds is 4. The van der Waals surface area contributed by atoms with Gasteiger partial charge in [0.25, 0.3) is 5.91 Å². The summed E-state index contributed by atoms with van der Waals surface area (Å²) in [4.78, 5) is 13.5. The molecule has 1 rings (SSSR count). The second kappa shape index (κ2) is 6.15. The molecular formula is C11H14FIN2O. The van der Waals surface area contributed by atoms with Gasteiger partial charge < -0.3 is 10.6 Å². The fourth-order valence-corrected chi connectivity index (χ4v) is 2.01. The molecule has 1 amide bonds. The molecule has 2 N–H and O–H groups in total. The van der Waals surface area contributed by atoms with E-state index in [1.807, 2.05) is 22.6 Å². The Balaban J connectivity index is 2.79. The van der Waals surface area contributed by atoms with Crippen LogP contribution in [0.1, 0.15) is 16.8 Å². The van der Waals surface area contributed by atoms with Crippen LogP contribution < -0.4 is 5.73 Å². The highest BCUT2D eigenvalue weighted by atomic mass is 127. The van der Waals surface area contributed by atoms with Crippen LogP contribution in [0.3, 0.4) is 0 Å². The molecule has 0 unspecified atom stereocenters. The maximum absolute atomic E-state index is 12.9. The number of nitrogens with two attached hydrogens (primary N) is 1. The number of halogens is 2. The van der Waals surface area contributed by atoms with E-state index in [1.165, 1.54) is 18.2 Å².